The summed E-state index contributed by atoms with van der Waals surface area (Å²) in [6.45, 7) is 9.89. The Morgan fingerprint density at radius 2 is 1.68 bits per heavy atom. The molecular weight excluding hydrogens is 1060 g/mol. The van der Waals surface area contributed by atoms with Crippen LogP contribution >= 0.6 is 11.3 Å². The molecule has 2 unspecified atom stereocenters. The highest BCUT2D eigenvalue weighted by Crippen LogP contribution is 2.38. The Hall–Kier alpha value is -7.40. The van der Waals surface area contributed by atoms with Crippen LogP contribution in [0, 0.1) is 18.3 Å². The number of hydrogen-bond acceptors (Lipinski definition) is 17. The number of primary amides is 1. The first-order valence-corrected chi connectivity index (χ1v) is 29.6. The molecule has 2 bridgehead atoms. The summed E-state index contributed by atoms with van der Waals surface area (Å²) in [7, 11) is 0. The standard InChI is InChI=1S/C60H76N12O9S/c1-35(2)56(60(77)71-33-42(73)26-50(71)59(76)67-48(8-6-10-53(62)75)37-11-13-38(14-12-37)57-36(3)66-34-82-57)52-30-55(68-81-52)78-24-23-69-21-18-43(19-22-69)79-44-27-45(28-44)80-54-25-39(17-20-65-54)72-40-15-16-41(72)32-70(31-40)49(58(63)64)29-47(61)46-7-4-5-9-51(46)74/h4-5,7,9,11-14,17,20,25,29-30,34-35,40-45,48,50,56,73H,6,8,10,15-16,18-19,21-24,26-28,31-33H2,1-3H3,(H8,61,62,63,64,67,74,75,76)/p+1/t40?,41?,42-,44?,45?,48+,50+,56-/m1/s1. The number of thiazole rings is 1. The second-order valence-corrected chi connectivity index (χ2v) is 23.7. The van der Waals surface area contributed by atoms with E-state index in [4.69, 9.17) is 41.3 Å². The van der Waals surface area contributed by atoms with Crippen LogP contribution in [0.2, 0.25) is 0 Å². The van der Waals surface area contributed by atoms with Gasteiger partial charge in [-0.05, 0) is 85.8 Å². The molecule has 2 aromatic carbocycles. The lowest BCUT2D eigenvalue weighted by atomic mass is 9.91. The number of β-amino-alcohol motifs (C(OH)–C–C–N with tert-alkyl or cyclic N) is 1. The van der Waals surface area contributed by atoms with Crippen molar-refractivity contribution in [1.29, 1.82) is 5.41 Å². The number of amidine groups is 1. The molecule has 10 rings (SSSR count). The number of aliphatic hydroxyl groups is 1. The van der Waals surface area contributed by atoms with Crippen molar-refractivity contribution in [2.45, 2.75) is 139 Å². The molecular formula is C60H77N12O9S+. The average molecular weight is 1140 g/mol. The number of fused-ring (bicyclic) bond motifs is 2. The number of piperazine rings is 1. The molecule has 5 aromatic rings. The summed E-state index contributed by atoms with van der Waals surface area (Å²) in [5.41, 5.74) is 25.0. The van der Waals surface area contributed by atoms with Crippen molar-refractivity contribution in [3.8, 4) is 28.0 Å². The average Bonchev–Trinajstić information content (AvgIpc) is 4.43. The van der Waals surface area contributed by atoms with Gasteiger partial charge in [0.05, 0.1) is 52.5 Å². The van der Waals surface area contributed by atoms with E-state index in [1.165, 1.54) is 4.90 Å². The third kappa shape index (κ3) is 13.6. The number of aryl methyl sites for hydroxylation is 1. The molecule has 6 atom stereocenters. The van der Waals surface area contributed by atoms with Crippen molar-refractivity contribution in [2.75, 3.05) is 50.8 Å². The number of aromatic nitrogens is 3. The van der Waals surface area contributed by atoms with Crippen LogP contribution in [-0.4, -0.2) is 157 Å². The van der Waals surface area contributed by atoms with E-state index >= 15 is 0 Å². The Balaban J connectivity index is 0.659. The molecule has 21 nitrogen and oxygen atoms in total. The van der Waals surface area contributed by atoms with Gasteiger partial charge in [-0.2, -0.15) is 0 Å². The number of para-hydroxylation sites is 1. The summed E-state index contributed by atoms with van der Waals surface area (Å²) in [5, 5.41) is 36.9. The van der Waals surface area contributed by atoms with E-state index in [1.54, 1.807) is 47.2 Å². The van der Waals surface area contributed by atoms with Gasteiger partial charge in [0, 0.05) is 93.2 Å². The highest BCUT2D eigenvalue weighted by Gasteiger charge is 2.46. The maximum atomic E-state index is 14.4. The summed E-state index contributed by atoms with van der Waals surface area (Å²) < 4.78 is 26.9. The minimum Gasteiger partial charge on any atom is -0.507 e. The summed E-state index contributed by atoms with van der Waals surface area (Å²) in [5.74, 6) is -0.975. The number of amides is 3. The Morgan fingerprint density at radius 1 is 0.939 bits per heavy atom. The number of phenols is 1. The van der Waals surface area contributed by atoms with Crippen molar-refractivity contribution >= 4 is 52.0 Å². The number of rotatable bonds is 23. The SMILES string of the molecule is Cc1ncsc1-c1ccc([C@H](CCCC(N)=O)NC(=O)[C@@H]2C[C@@H](O)CN2C(=O)[C@@H](c2cc(OCCN3CCC(OC4CC(Oc5cc(N6C7CCC6C[N+](=C(/C=C(\N)c6ccccc6O)C(=N)N)C7)ccn5)C4)CC3)no2)C(C)C)cc1. The molecule has 3 amide bonds. The van der Waals surface area contributed by atoms with Crippen LogP contribution in [0.15, 0.2) is 89.0 Å². The topological polar surface area (TPSA) is 298 Å². The molecule has 4 aliphatic heterocycles. The van der Waals surface area contributed by atoms with Gasteiger partial charge in [0.1, 0.15) is 30.4 Å². The fraction of sp³-hybridized carbons (Fsp3) is 0.500. The number of nitrogens with one attached hydrogen (secondary N) is 2. The molecule has 1 saturated carbocycles. The van der Waals surface area contributed by atoms with E-state index in [9.17, 15) is 24.6 Å². The number of nitrogens with zero attached hydrogens (tertiary/aromatic N) is 7. The zero-order valence-electron chi connectivity index (χ0n) is 46.9. The largest absolute Gasteiger partial charge is 0.507 e. The molecule has 3 aromatic heterocycles. The number of benzene rings is 2. The summed E-state index contributed by atoms with van der Waals surface area (Å²) in [4.78, 5) is 56.5. The van der Waals surface area contributed by atoms with Crippen molar-refractivity contribution in [1.82, 2.24) is 30.2 Å². The van der Waals surface area contributed by atoms with Gasteiger partial charge in [-0.15, -0.1) is 11.3 Å². The van der Waals surface area contributed by atoms with Gasteiger partial charge in [-0.3, -0.25) is 24.7 Å². The van der Waals surface area contributed by atoms with Crippen LogP contribution < -0.4 is 36.9 Å². The number of anilines is 1. The molecule has 0 radical (unpaired) electrons. The zero-order valence-corrected chi connectivity index (χ0v) is 47.7. The van der Waals surface area contributed by atoms with Gasteiger partial charge in [-0.25, -0.2) is 14.5 Å². The van der Waals surface area contributed by atoms with Crippen LogP contribution in [-0.2, 0) is 19.1 Å². The lowest BCUT2D eigenvalue weighted by molar-refractivity contribution is -0.535. The van der Waals surface area contributed by atoms with Crippen LogP contribution in [0.5, 0.6) is 17.5 Å². The molecule has 5 fully saturated rings. The molecule has 0 spiro atoms. The first kappa shape index (κ1) is 57.8. The number of ether oxygens (including phenoxy) is 3. The third-order valence-electron chi connectivity index (χ3n) is 16.7. The second kappa shape index (κ2) is 25.8. The first-order valence-electron chi connectivity index (χ1n) is 28.7. The molecule has 1 aliphatic carbocycles. The van der Waals surface area contributed by atoms with E-state index in [1.807, 2.05) is 69.4 Å². The van der Waals surface area contributed by atoms with Gasteiger partial charge < -0.3 is 61.3 Å². The van der Waals surface area contributed by atoms with Crippen LogP contribution in [0.25, 0.3) is 16.1 Å². The van der Waals surface area contributed by atoms with Gasteiger partial charge in [0.25, 0.3) is 5.88 Å². The molecule has 5 aliphatic rings. The number of hydrogen-bond donors (Lipinski definition) is 7. The number of piperidine rings is 1. The van der Waals surface area contributed by atoms with Gasteiger partial charge in [0.2, 0.25) is 29.3 Å². The maximum Gasteiger partial charge on any atom is 0.254 e. The quantitative estimate of drug-likeness (QED) is 0.0237. The predicted octanol–water partition coefficient (Wildman–Crippen LogP) is 5.63. The molecule has 22 heteroatoms. The Morgan fingerprint density at radius 3 is 2.37 bits per heavy atom. The highest BCUT2D eigenvalue weighted by molar-refractivity contribution is 7.13. The minimum absolute atomic E-state index is 0.00823. The molecule has 82 heavy (non-hydrogen) atoms. The molecule has 4 saturated heterocycles. The van der Waals surface area contributed by atoms with E-state index in [2.05, 4.69) is 34.8 Å². The maximum absolute atomic E-state index is 14.4. The fourth-order valence-corrected chi connectivity index (χ4v) is 13.2. The van der Waals surface area contributed by atoms with Crippen LogP contribution in [0.3, 0.4) is 0 Å². The van der Waals surface area contributed by atoms with Crippen LogP contribution in [0.1, 0.15) is 113 Å². The van der Waals surface area contributed by atoms with Crippen molar-refractivity contribution < 1.29 is 47.9 Å². The first-order chi connectivity index (χ1) is 39.5. The number of aliphatic hydroxyl groups excluding tert-OH is 1. The lowest BCUT2D eigenvalue weighted by Gasteiger charge is -2.40. The normalized spacial score (nSPS) is 22.9. The van der Waals surface area contributed by atoms with Gasteiger partial charge >= 0.3 is 0 Å². The van der Waals surface area contributed by atoms with Crippen molar-refractivity contribution in [3.63, 3.8) is 0 Å². The van der Waals surface area contributed by atoms with Crippen molar-refractivity contribution in [2.24, 2.45) is 23.1 Å². The fourth-order valence-electron chi connectivity index (χ4n) is 12.4. The zero-order chi connectivity index (χ0) is 57.6. The number of nitrogens with two attached hydrogens (primary N) is 3. The van der Waals surface area contributed by atoms with E-state index in [0.717, 1.165) is 79.0 Å². The Labute approximate surface area is 482 Å². The second-order valence-electron chi connectivity index (χ2n) is 22.8. The summed E-state index contributed by atoms with van der Waals surface area (Å²) >= 11 is 1.55. The number of pyridine rings is 1. The monoisotopic (exact) mass is 1140 g/mol. The smallest absolute Gasteiger partial charge is 0.254 e. The third-order valence-corrected chi connectivity index (χ3v) is 17.7. The lowest BCUT2D eigenvalue weighted by Crippen LogP contribution is -2.53. The summed E-state index contributed by atoms with van der Waals surface area (Å²) in [6.07, 6.45) is 9.49. The number of aromatic hydroxyl groups is 1. The van der Waals surface area contributed by atoms with Crippen LogP contribution in [0.4, 0.5) is 5.69 Å². The number of carbonyl (C=O) groups is 3. The molecule has 10 N–H and O–H groups in total. The van der Waals surface area contributed by atoms with E-state index < -0.39 is 35.9 Å². The number of carbonyl (C=O) groups excluding carboxylic acids is 3. The minimum atomic E-state index is -0.929. The van der Waals surface area contributed by atoms with Gasteiger partial charge in [-0.1, -0.05) is 50.2 Å². The van der Waals surface area contributed by atoms with Crippen molar-refractivity contribution in [3.05, 3.63) is 107 Å². The highest BCUT2D eigenvalue weighted by atomic mass is 32.1. The number of phenolic OH excluding ortho intramolecular Hbond substituents is 1. The van der Waals surface area contributed by atoms with E-state index in [0.29, 0.717) is 67.7 Å². The Bertz CT molecular complexity index is 3120. The Kier molecular flexibility index (Phi) is 18.2. The number of likely N-dealkylation sites (tertiary alicyclic amines) is 2. The predicted molar refractivity (Wildman–Crippen MR) is 311 cm³/mol. The summed E-state index contributed by atoms with van der Waals surface area (Å²) in [6, 6.07) is 19.5. The van der Waals surface area contributed by atoms with E-state index in [-0.39, 0.29) is 79.1 Å². The molecule has 436 valence electrons. The molecule has 7 heterocycles. The van der Waals surface area contributed by atoms with Gasteiger partial charge in [0.15, 0.2) is 24.7 Å².